The van der Waals surface area contributed by atoms with Crippen LogP contribution in [0.5, 0.6) is 0 Å². The van der Waals surface area contributed by atoms with E-state index in [9.17, 15) is 9.59 Å². The van der Waals surface area contributed by atoms with Gasteiger partial charge in [0.25, 0.3) is 5.91 Å². The second-order valence-electron chi connectivity index (χ2n) is 8.35. The third-order valence-corrected chi connectivity index (χ3v) is 7.02. The summed E-state index contributed by atoms with van der Waals surface area (Å²) in [7, 11) is 0. The van der Waals surface area contributed by atoms with Gasteiger partial charge in [-0.2, -0.15) is 5.10 Å². The third-order valence-electron chi connectivity index (χ3n) is 6.15. The smallest absolute Gasteiger partial charge is 0.257 e. The van der Waals surface area contributed by atoms with Crippen LogP contribution >= 0.6 is 11.3 Å². The van der Waals surface area contributed by atoms with Crippen LogP contribution in [-0.4, -0.2) is 39.5 Å². The molecular weight excluding hydrogens is 430 g/mol. The first-order valence-electron chi connectivity index (χ1n) is 11.2. The maximum atomic E-state index is 13.5. The van der Waals surface area contributed by atoms with Crippen molar-refractivity contribution in [2.75, 3.05) is 13.1 Å². The zero-order valence-electron chi connectivity index (χ0n) is 18.3. The van der Waals surface area contributed by atoms with Gasteiger partial charge < -0.3 is 4.90 Å². The Bertz CT molecular complexity index is 1230. The van der Waals surface area contributed by atoms with Crippen LogP contribution in [0.15, 0.2) is 84.4 Å². The quantitative estimate of drug-likeness (QED) is 0.366. The summed E-state index contributed by atoms with van der Waals surface area (Å²) >= 11 is 1.58. The minimum Gasteiger partial charge on any atom is -0.338 e. The van der Waals surface area contributed by atoms with Crippen LogP contribution < -0.4 is 0 Å². The molecule has 0 bridgehead atoms. The SMILES string of the molecule is O=C(c1ccccc1)C1CCN(C(=O)c2cn(Cc3ccccc3)nc2-c2cccs2)CC1. The fraction of sp³-hybridized carbons (Fsp3) is 0.222. The molecule has 1 amide bonds. The van der Waals surface area contributed by atoms with Crippen LogP contribution in [0.25, 0.3) is 10.6 Å². The van der Waals surface area contributed by atoms with E-state index < -0.39 is 0 Å². The van der Waals surface area contributed by atoms with Crippen LogP contribution in [0.2, 0.25) is 0 Å². The van der Waals surface area contributed by atoms with Crippen molar-refractivity contribution in [1.82, 2.24) is 14.7 Å². The summed E-state index contributed by atoms with van der Waals surface area (Å²) in [6.45, 7) is 1.77. The number of ketones is 1. The van der Waals surface area contributed by atoms with E-state index in [2.05, 4.69) is 12.1 Å². The van der Waals surface area contributed by atoms with Gasteiger partial charge in [-0.1, -0.05) is 66.7 Å². The lowest BCUT2D eigenvalue weighted by Crippen LogP contribution is -2.40. The van der Waals surface area contributed by atoms with E-state index in [1.165, 1.54) is 0 Å². The number of aromatic nitrogens is 2. The average Bonchev–Trinajstić information content (AvgIpc) is 3.55. The first kappa shape index (κ1) is 21.3. The molecule has 5 nitrogen and oxygen atoms in total. The predicted octanol–water partition coefficient (Wildman–Crippen LogP) is 5.40. The highest BCUT2D eigenvalue weighted by atomic mass is 32.1. The largest absolute Gasteiger partial charge is 0.338 e. The van der Waals surface area contributed by atoms with Gasteiger partial charge in [0.05, 0.1) is 17.0 Å². The zero-order chi connectivity index (χ0) is 22.6. The summed E-state index contributed by atoms with van der Waals surface area (Å²) in [5.41, 5.74) is 3.25. The van der Waals surface area contributed by atoms with E-state index in [-0.39, 0.29) is 17.6 Å². The fourth-order valence-electron chi connectivity index (χ4n) is 4.38. The van der Waals surface area contributed by atoms with E-state index >= 15 is 0 Å². The van der Waals surface area contributed by atoms with Crippen molar-refractivity contribution in [1.29, 1.82) is 0 Å². The van der Waals surface area contributed by atoms with Gasteiger partial charge in [-0.3, -0.25) is 14.3 Å². The highest BCUT2D eigenvalue weighted by Crippen LogP contribution is 2.29. The standard InChI is InChI=1S/C27H25N3O2S/c31-26(21-10-5-2-6-11-21)22-13-15-29(16-14-22)27(32)23-19-30(18-20-8-3-1-4-9-20)28-25(23)24-12-7-17-33-24/h1-12,17,19,22H,13-16,18H2. The van der Waals surface area contributed by atoms with Gasteiger partial charge in [-0.15, -0.1) is 11.3 Å². The van der Waals surface area contributed by atoms with Crippen LogP contribution in [0.4, 0.5) is 0 Å². The molecule has 0 saturated carbocycles. The number of likely N-dealkylation sites (tertiary alicyclic amines) is 1. The number of rotatable bonds is 6. The van der Waals surface area contributed by atoms with E-state index in [0.29, 0.717) is 38.0 Å². The van der Waals surface area contributed by atoms with Crippen molar-refractivity contribution in [3.05, 3.63) is 101 Å². The van der Waals surface area contributed by atoms with Gasteiger partial charge in [-0.25, -0.2) is 0 Å². The van der Waals surface area contributed by atoms with Crippen molar-refractivity contribution < 1.29 is 9.59 Å². The van der Waals surface area contributed by atoms with Gasteiger partial charge in [-0.05, 0) is 29.9 Å². The van der Waals surface area contributed by atoms with E-state index in [1.807, 2.05) is 81.8 Å². The summed E-state index contributed by atoms with van der Waals surface area (Å²) < 4.78 is 1.85. The van der Waals surface area contributed by atoms with Crippen molar-refractivity contribution in [3.8, 4) is 10.6 Å². The molecule has 2 aromatic heterocycles. The Hall–Kier alpha value is -3.51. The fourth-order valence-corrected chi connectivity index (χ4v) is 5.10. The molecule has 0 aliphatic carbocycles. The maximum absolute atomic E-state index is 13.5. The number of amides is 1. The normalized spacial score (nSPS) is 14.4. The highest BCUT2D eigenvalue weighted by molar-refractivity contribution is 7.13. The van der Waals surface area contributed by atoms with Crippen molar-refractivity contribution >= 4 is 23.0 Å². The Morgan fingerprint density at radius 1 is 0.909 bits per heavy atom. The molecule has 0 atom stereocenters. The van der Waals surface area contributed by atoms with Crippen molar-refractivity contribution in [2.45, 2.75) is 19.4 Å². The summed E-state index contributed by atoms with van der Waals surface area (Å²) in [5, 5.41) is 6.77. The van der Waals surface area contributed by atoms with Crippen molar-refractivity contribution in [3.63, 3.8) is 0 Å². The van der Waals surface area contributed by atoms with E-state index in [4.69, 9.17) is 5.10 Å². The first-order valence-corrected chi connectivity index (χ1v) is 12.1. The van der Waals surface area contributed by atoms with Crippen LogP contribution in [0, 0.1) is 5.92 Å². The molecule has 0 radical (unpaired) electrons. The van der Waals surface area contributed by atoms with Crippen LogP contribution in [0.3, 0.4) is 0 Å². The van der Waals surface area contributed by atoms with Gasteiger partial charge >= 0.3 is 0 Å². The zero-order valence-corrected chi connectivity index (χ0v) is 19.1. The Labute approximate surface area is 197 Å². The van der Waals surface area contributed by atoms with Crippen LogP contribution in [0.1, 0.15) is 39.1 Å². The predicted molar refractivity (Wildman–Crippen MR) is 130 cm³/mol. The molecule has 166 valence electrons. The molecule has 5 rings (SSSR count). The van der Waals surface area contributed by atoms with Crippen molar-refractivity contribution in [2.24, 2.45) is 5.92 Å². The maximum Gasteiger partial charge on any atom is 0.257 e. The Kier molecular flexibility index (Phi) is 6.17. The molecule has 1 saturated heterocycles. The molecule has 6 heteroatoms. The van der Waals surface area contributed by atoms with E-state index in [0.717, 1.165) is 21.7 Å². The van der Waals surface area contributed by atoms with Gasteiger partial charge in [0.15, 0.2) is 5.78 Å². The lowest BCUT2D eigenvalue weighted by Gasteiger charge is -2.31. The summed E-state index contributed by atoms with van der Waals surface area (Å²) in [4.78, 5) is 29.2. The molecule has 1 fully saturated rings. The molecule has 1 aliphatic rings. The van der Waals surface area contributed by atoms with E-state index in [1.54, 1.807) is 11.3 Å². The first-order chi connectivity index (χ1) is 16.2. The number of carbonyl (C=O) groups is 2. The highest BCUT2D eigenvalue weighted by Gasteiger charge is 2.30. The number of thiophene rings is 1. The number of hydrogen-bond donors (Lipinski definition) is 0. The van der Waals surface area contributed by atoms with Gasteiger partial charge in [0.2, 0.25) is 0 Å². The second-order valence-corrected chi connectivity index (χ2v) is 9.30. The molecular formula is C27H25N3O2S. The third kappa shape index (κ3) is 4.66. The lowest BCUT2D eigenvalue weighted by molar-refractivity contribution is 0.0651. The Morgan fingerprint density at radius 2 is 1.61 bits per heavy atom. The minimum absolute atomic E-state index is 0.0108. The molecule has 0 spiro atoms. The summed E-state index contributed by atoms with van der Waals surface area (Å²) in [5.74, 6) is 0.134. The number of carbonyl (C=O) groups excluding carboxylic acids is 2. The Balaban J connectivity index is 1.33. The summed E-state index contributed by atoms with van der Waals surface area (Å²) in [6.07, 6.45) is 3.24. The van der Waals surface area contributed by atoms with Crippen LogP contribution in [-0.2, 0) is 6.54 Å². The molecule has 2 aromatic carbocycles. The molecule has 3 heterocycles. The molecule has 1 aliphatic heterocycles. The molecule has 33 heavy (non-hydrogen) atoms. The number of benzene rings is 2. The number of hydrogen-bond acceptors (Lipinski definition) is 4. The monoisotopic (exact) mass is 455 g/mol. The molecule has 0 unspecified atom stereocenters. The molecule has 0 N–H and O–H groups in total. The van der Waals surface area contributed by atoms with Gasteiger partial charge in [0.1, 0.15) is 5.69 Å². The number of Topliss-reactive ketones (excluding diaryl/α,β-unsaturated/α-hetero) is 1. The number of nitrogens with zero attached hydrogens (tertiary/aromatic N) is 3. The molecule has 4 aromatic rings. The summed E-state index contributed by atoms with van der Waals surface area (Å²) in [6, 6.07) is 23.5. The Morgan fingerprint density at radius 3 is 2.27 bits per heavy atom. The minimum atomic E-state index is -0.0333. The number of piperidine rings is 1. The average molecular weight is 456 g/mol. The van der Waals surface area contributed by atoms with Gasteiger partial charge in [0, 0.05) is 30.8 Å². The second kappa shape index (κ2) is 9.55. The lowest BCUT2D eigenvalue weighted by atomic mass is 9.88. The topological polar surface area (TPSA) is 55.2 Å².